The molecule has 0 saturated heterocycles. The predicted octanol–water partition coefficient (Wildman–Crippen LogP) is 7.13. The van der Waals surface area contributed by atoms with E-state index in [2.05, 4.69) is 40.7 Å². The second-order valence-electron chi connectivity index (χ2n) is 12.8. The summed E-state index contributed by atoms with van der Waals surface area (Å²) in [6.45, 7) is 14.1. The first kappa shape index (κ1) is 25.8. The maximum Gasteiger partial charge on any atom is 0.302 e. The number of fused-ring (bicyclic) bond motifs is 5. The third-order valence-electron chi connectivity index (χ3n) is 10.6. The highest BCUT2D eigenvalue weighted by molar-refractivity contribution is 5.66. The molecule has 0 aromatic carbocycles. The van der Waals surface area contributed by atoms with Gasteiger partial charge < -0.3 is 10.2 Å². The molecule has 3 saturated carbocycles. The molecule has 0 aromatic rings. The summed E-state index contributed by atoms with van der Waals surface area (Å²) in [6, 6.07) is 0. The van der Waals surface area contributed by atoms with Gasteiger partial charge in [-0.1, -0.05) is 65.5 Å². The van der Waals surface area contributed by atoms with Crippen LogP contribution in [0.3, 0.4) is 0 Å². The van der Waals surface area contributed by atoms with Gasteiger partial charge in [-0.2, -0.15) is 0 Å². The molecule has 3 heteroatoms. The van der Waals surface area contributed by atoms with Crippen molar-refractivity contribution in [2.75, 3.05) is 0 Å². The number of hydrogen-bond acceptors (Lipinski definition) is 2. The van der Waals surface area contributed by atoms with Crippen molar-refractivity contribution in [3.63, 3.8) is 0 Å². The van der Waals surface area contributed by atoms with Gasteiger partial charge in [-0.05, 0) is 91.3 Å². The maximum atomic E-state index is 11.5. The first-order valence-corrected chi connectivity index (χ1v) is 13.5. The van der Waals surface area contributed by atoms with Crippen LogP contribution in [0.4, 0.5) is 0 Å². The van der Waals surface area contributed by atoms with Crippen LogP contribution >= 0.6 is 0 Å². The average Bonchev–Trinajstić information content (AvgIpc) is 3.05. The van der Waals surface area contributed by atoms with Crippen LogP contribution < -0.4 is 0 Å². The largest absolute Gasteiger partial charge is 0.462 e. The molecule has 2 N–H and O–H groups in total. The molecule has 32 heavy (non-hydrogen) atoms. The molecule has 3 nitrogen and oxygen atoms in total. The zero-order valence-corrected chi connectivity index (χ0v) is 21.7. The topological polar surface area (TPSA) is 57.8 Å². The summed E-state index contributed by atoms with van der Waals surface area (Å²) in [6.07, 6.45) is 17.2. The fraction of sp³-hybridized carbons (Fsp3) is 0.897. The highest BCUT2D eigenvalue weighted by Crippen LogP contribution is 2.67. The van der Waals surface area contributed by atoms with Crippen LogP contribution in [-0.2, 0) is 9.53 Å². The van der Waals surface area contributed by atoms with Crippen molar-refractivity contribution >= 4 is 5.97 Å². The van der Waals surface area contributed by atoms with Crippen molar-refractivity contribution in [1.82, 2.24) is 0 Å². The molecule has 4 rings (SSSR count). The van der Waals surface area contributed by atoms with Crippen molar-refractivity contribution in [2.45, 2.75) is 118 Å². The standard InChI is InChI=1S/C29H48O2.H2O/c1-19(2)8-7-9-20(3)25-12-13-26-24-11-10-22-18-23(31-21(4)30)14-16-28(22,5)27(24)15-17-29(25,26)6;/h10,19-20,23-27H,7-9,11-18H2,1-6H3;1H2/t20-,23+,24+,25-,26+,27+,28+,29-;/m1./s1. The Balaban J connectivity index is 0.00000289. The Kier molecular flexibility index (Phi) is 7.90. The van der Waals surface area contributed by atoms with Crippen LogP contribution in [-0.4, -0.2) is 17.5 Å². The fourth-order valence-corrected chi connectivity index (χ4v) is 8.99. The Morgan fingerprint density at radius 3 is 2.50 bits per heavy atom. The van der Waals surface area contributed by atoms with E-state index in [1.165, 1.54) is 57.8 Å². The molecule has 8 atom stereocenters. The lowest BCUT2D eigenvalue weighted by Gasteiger charge is -2.58. The Morgan fingerprint density at radius 2 is 1.81 bits per heavy atom. The molecule has 0 aromatic heterocycles. The Hall–Kier alpha value is -0.830. The van der Waals surface area contributed by atoms with Gasteiger partial charge in [-0.25, -0.2) is 0 Å². The summed E-state index contributed by atoms with van der Waals surface area (Å²) in [5.41, 5.74) is 2.53. The van der Waals surface area contributed by atoms with Crippen LogP contribution in [0.15, 0.2) is 11.6 Å². The van der Waals surface area contributed by atoms with Gasteiger partial charge in [0.15, 0.2) is 0 Å². The summed E-state index contributed by atoms with van der Waals surface area (Å²) in [5.74, 6) is 5.19. The van der Waals surface area contributed by atoms with E-state index in [4.69, 9.17) is 4.74 Å². The molecule has 0 heterocycles. The van der Waals surface area contributed by atoms with Gasteiger partial charge in [0.25, 0.3) is 0 Å². The molecule has 4 aliphatic carbocycles. The van der Waals surface area contributed by atoms with Crippen LogP contribution in [0.1, 0.15) is 112 Å². The number of hydrogen-bond donors (Lipinski definition) is 0. The summed E-state index contributed by atoms with van der Waals surface area (Å²) in [7, 11) is 0. The van der Waals surface area contributed by atoms with E-state index in [-0.39, 0.29) is 17.5 Å². The van der Waals surface area contributed by atoms with E-state index >= 15 is 0 Å². The first-order valence-electron chi connectivity index (χ1n) is 13.5. The molecule has 0 aliphatic heterocycles. The molecule has 0 unspecified atom stereocenters. The molecule has 184 valence electrons. The molecular weight excluding hydrogens is 396 g/mol. The number of carbonyl (C=O) groups is 1. The lowest BCUT2D eigenvalue weighted by atomic mass is 9.47. The Labute approximate surface area is 197 Å². The zero-order valence-electron chi connectivity index (χ0n) is 21.7. The third-order valence-corrected chi connectivity index (χ3v) is 10.6. The number of rotatable bonds is 6. The van der Waals surface area contributed by atoms with E-state index in [1.807, 2.05) is 0 Å². The third kappa shape index (κ3) is 4.57. The smallest absolute Gasteiger partial charge is 0.302 e. The summed E-state index contributed by atoms with van der Waals surface area (Å²) >= 11 is 0. The number of allylic oxidation sites excluding steroid dienone is 1. The summed E-state index contributed by atoms with van der Waals surface area (Å²) < 4.78 is 5.61. The average molecular weight is 447 g/mol. The van der Waals surface area contributed by atoms with E-state index < -0.39 is 0 Å². The highest BCUT2D eigenvalue weighted by atomic mass is 16.5. The normalized spacial score (nSPS) is 41.6. The van der Waals surface area contributed by atoms with E-state index in [1.54, 1.807) is 12.5 Å². The molecule has 3 fully saturated rings. The lowest BCUT2D eigenvalue weighted by Crippen LogP contribution is -2.51. The monoisotopic (exact) mass is 446 g/mol. The number of carbonyl (C=O) groups excluding carboxylic acids is 1. The van der Waals surface area contributed by atoms with Gasteiger partial charge in [-0.3, -0.25) is 4.79 Å². The molecule has 0 spiro atoms. The van der Waals surface area contributed by atoms with Gasteiger partial charge in [0.05, 0.1) is 0 Å². The van der Waals surface area contributed by atoms with Crippen molar-refractivity contribution in [1.29, 1.82) is 0 Å². The van der Waals surface area contributed by atoms with Gasteiger partial charge in [0.1, 0.15) is 6.10 Å². The minimum absolute atomic E-state index is 0. The highest BCUT2D eigenvalue weighted by Gasteiger charge is 2.59. The van der Waals surface area contributed by atoms with Gasteiger partial charge >= 0.3 is 5.97 Å². The molecule has 0 amide bonds. The fourth-order valence-electron chi connectivity index (χ4n) is 8.99. The first-order chi connectivity index (χ1) is 14.6. The Bertz CT molecular complexity index is 697. The maximum absolute atomic E-state index is 11.5. The molecule has 0 radical (unpaired) electrons. The molecule has 0 bridgehead atoms. The zero-order chi connectivity index (χ0) is 22.4. The van der Waals surface area contributed by atoms with Gasteiger partial charge in [0.2, 0.25) is 0 Å². The van der Waals surface area contributed by atoms with Crippen LogP contribution in [0.5, 0.6) is 0 Å². The lowest BCUT2D eigenvalue weighted by molar-refractivity contribution is -0.148. The minimum atomic E-state index is -0.115. The molecular formula is C29H50O3. The second kappa shape index (κ2) is 9.80. The number of esters is 1. The van der Waals surface area contributed by atoms with Gasteiger partial charge in [-0.15, -0.1) is 0 Å². The van der Waals surface area contributed by atoms with Crippen molar-refractivity contribution < 1.29 is 15.0 Å². The van der Waals surface area contributed by atoms with E-state index in [0.717, 1.165) is 48.3 Å². The summed E-state index contributed by atoms with van der Waals surface area (Å²) in [4.78, 5) is 11.5. The summed E-state index contributed by atoms with van der Waals surface area (Å²) in [5, 5.41) is 0. The van der Waals surface area contributed by atoms with E-state index in [0.29, 0.717) is 10.8 Å². The minimum Gasteiger partial charge on any atom is -0.462 e. The Morgan fingerprint density at radius 1 is 1.06 bits per heavy atom. The van der Waals surface area contributed by atoms with Crippen molar-refractivity contribution in [3.05, 3.63) is 11.6 Å². The SMILES string of the molecule is CC(=O)O[C@H]1CC[C@@]2(C)C(=CC[C@H]3[C@@H]4CC[C@H]([C@H](C)CCCC(C)C)[C@@]4(C)CC[C@@H]32)C1.O. The predicted molar refractivity (Wildman–Crippen MR) is 132 cm³/mol. The van der Waals surface area contributed by atoms with Gasteiger partial charge in [0, 0.05) is 13.3 Å². The van der Waals surface area contributed by atoms with E-state index in [9.17, 15) is 4.79 Å². The van der Waals surface area contributed by atoms with Crippen molar-refractivity contribution in [2.24, 2.45) is 46.3 Å². The molecule has 4 aliphatic rings. The quantitative estimate of drug-likeness (QED) is 0.322. The second-order valence-corrected chi connectivity index (χ2v) is 12.8. The van der Waals surface area contributed by atoms with Crippen LogP contribution in [0.25, 0.3) is 0 Å². The number of ether oxygens (including phenoxy) is 1. The van der Waals surface area contributed by atoms with Crippen LogP contribution in [0.2, 0.25) is 0 Å². The van der Waals surface area contributed by atoms with Crippen LogP contribution in [0, 0.1) is 46.3 Å². The van der Waals surface area contributed by atoms with Crippen molar-refractivity contribution in [3.8, 4) is 0 Å².